The molecule has 1 aliphatic heterocycles. The highest BCUT2D eigenvalue weighted by molar-refractivity contribution is 5.97. The van der Waals surface area contributed by atoms with Crippen LogP contribution in [0, 0.1) is 5.41 Å². The molecule has 4 aromatic carbocycles. The lowest BCUT2D eigenvalue weighted by Crippen LogP contribution is -2.45. The number of rotatable bonds is 11. The molecule has 3 N–H and O–H groups in total. The molecule has 51 heavy (non-hydrogen) atoms. The van der Waals surface area contributed by atoms with Gasteiger partial charge in [0.2, 0.25) is 0 Å². The van der Waals surface area contributed by atoms with E-state index in [2.05, 4.69) is 51.7 Å². The summed E-state index contributed by atoms with van der Waals surface area (Å²) in [6, 6.07) is 27.5. The van der Waals surface area contributed by atoms with Gasteiger partial charge in [-0.25, -0.2) is 14.8 Å². The van der Waals surface area contributed by atoms with Crippen molar-refractivity contribution in [3.63, 3.8) is 0 Å². The van der Waals surface area contributed by atoms with Crippen LogP contribution in [0.2, 0.25) is 0 Å². The van der Waals surface area contributed by atoms with E-state index < -0.39 is 11.7 Å². The molecule has 0 bridgehead atoms. The second kappa shape index (κ2) is 15.6. The number of carbonyl (C=O) groups is 1. The number of carbonyl (C=O) groups excluding carboxylic acids is 1. The fourth-order valence-electron chi connectivity index (χ4n) is 5.88. The second-order valence-corrected chi connectivity index (χ2v) is 13.6. The van der Waals surface area contributed by atoms with E-state index in [0.29, 0.717) is 52.2 Å². The number of ether oxygens (including phenoxy) is 3. The predicted molar refractivity (Wildman–Crippen MR) is 204 cm³/mol. The zero-order valence-electron chi connectivity index (χ0n) is 29.8. The van der Waals surface area contributed by atoms with Gasteiger partial charge in [0.1, 0.15) is 18.0 Å². The Morgan fingerprint density at radius 1 is 0.882 bits per heavy atom. The molecule has 11 heteroatoms. The van der Waals surface area contributed by atoms with Gasteiger partial charge < -0.3 is 29.8 Å². The maximum Gasteiger partial charge on any atom is 0.412 e. The van der Waals surface area contributed by atoms with E-state index in [1.54, 1.807) is 40.0 Å². The minimum atomic E-state index is -0.654. The summed E-state index contributed by atoms with van der Waals surface area (Å²) in [6.07, 6.45) is 0.595. The highest BCUT2D eigenvalue weighted by atomic mass is 16.6. The molecule has 0 saturated carbocycles. The van der Waals surface area contributed by atoms with Gasteiger partial charge in [0, 0.05) is 67.2 Å². The van der Waals surface area contributed by atoms with Gasteiger partial charge in [-0.05, 0) is 69.3 Å². The molecule has 5 aromatic rings. The Morgan fingerprint density at radius 2 is 1.63 bits per heavy atom. The molecular weight excluding hydrogens is 642 g/mol. The first-order valence-corrected chi connectivity index (χ1v) is 17.1. The number of nitrogens with one attached hydrogen (secondary N) is 3. The highest BCUT2D eigenvalue weighted by Gasteiger charge is 2.19. The normalized spacial score (nSPS) is 13.8. The molecule has 0 atom stereocenters. The van der Waals surface area contributed by atoms with E-state index in [0.717, 1.165) is 54.8 Å². The summed E-state index contributed by atoms with van der Waals surface area (Å²) in [5.41, 5.74) is 4.64. The summed E-state index contributed by atoms with van der Waals surface area (Å²) in [4.78, 5) is 27.3. The lowest BCUT2D eigenvalue weighted by Gasteiger charge is -2.32. The van der Waals surface area contributed by atoms with Crippen molar-refractivity contribution in [1.29, 1.82) is 5.41 Å². The summed E-state index contributed by atoms with van der Waals surface area (Å²) in [7, 11) is 3.78. The summed E-state index contributed by atoms with van der Waals surface area (Å²) in [5, 5.41) is 15.0. The van der Waals surface area contributed by atoms with E-state index in [1.807, 2.05) is 48.5 Å². The third kappa shape index (κ3) is 8.99. The van der Waals surface area contributed by atoms with Crippen molar-refractivity contribution in [3.05, 3.63) is 90.5 Å². The van der Waals surface area contributed by atoms with Gasteiger partial charge in [-0.1, -0.05) is 48.5 Å². The smallest absolute Gasteiger partial charge is 0.412 e. The van der Waals surface area contributed by atoms with Crippen LogP contribution in [0.3, 0.4) is 0 Å². The quantitative estimate of drug-likeness (QED) is 0.120. The first-order chi connectivity index (χ1) is 24.6. The van der Waals surface area contributed by atoms with E-state index in [9.17, 15) is 4.79 Å². The number of nitrogens with zero attached hydrogens (tertiary/aromatic N) is 4. The maximum atomic E-state index is 12.5. The number of likely N-dealkylation sites (N-methyl/N-ethyl adjacent to an activating group) is 1. The van der Waals surface area contributed by atoms with Gasteiger partial charge >= 0.3 is 6.09 Å². The molecule has 1 amide bonds. The SMILES string of the molecule is COc1cc2nc(-c3cccc(-c4ccccc4)c3)nc(Nc3ccc(NC(=O)OC(C)(C)C)c(C=N)c3)c2cc1OCCN1CCN(C)CC1. The van der Waals surface area contributed by atoms with Crippen molar-refractivity contribution in [1.82, 2.24) is 19.8 Å². The van der Waals surface area contributed by atoms with Crippen LogP contribution in [0.5, 0.6) is 11.5 Å². The number of methoxy groups -OCH3 is 1. The number of anilines is 3. The molecule has 0 unspecified atom stereocenters. The zero-order chi connectivity index (χ0) is 36.0. The zero-order valence-corrected chi connectivity index (χ0v) is 29.8. The number of fused-ring (bicyclic) bond motifs is 1. The Labute approximate surface area is 299 Å². The van der Waals surface area contributed by atoms with Crippen molar-refractivity contribution in [2.45, 2.75) is 26.4 Å². The third-order valence-corrected chi connectivity index (χ3v) is 8.58. The fraction of sp³-hybridized carbons (Fsp3) is 0.300. The number of aromatic nitrogens is 2. The minimum absolute atomic E-state index is 0.455. The number of amides is 1. The molecular formula is C40H45N7O4. The Hall–Kier alpha value is -5.52. The molecule has 1 aromatic heterocycles. The first kappa shape index (κ1) is 35.3. The van der Waals surface area contributed by atoms with Crippen LogP contribution in [-0.2, 0) is 4.74 Å². The minimum Gasteiger partial charge on any atom is -0.493 e. The van der Waals surface area contributed by atoms with Gasteiger partial charge in [0.05, 0.1) is 18.3 Å². The van der Waals surface area contributed by atoms with Crippen LogP contribution in [0.25, 0.3) is 33.4 Å². The van der Waals surface area contributed by atoms with Gasteiger partial charge in [0.25, 0.3) is 0 Å². The molecule has 6 rings (SSSR count). The average molecular weight is 688 g/mol. The summed E-state index contributed by atoms with van der Waals surface area (Å²) < 4.78 is 17.5. The largest absolute Gasteiger partial charge is 0.493 e. The molecule has 1 fully saturated rings. The molecule has 0 aliphatic carbocycles. The molecule has 0 radical (unpaired) electrons. The van der Waals surface area contributed by atoms with Crippen LogP contribution in [0.15, 0.2) is 84.9 Å². The highest BCUT2D eigenvalue weighted by Crippen LogP contribution is 2.37. The van der Waals surface area contributed by atoms with Crippen LogP contribution in [0.4, 0.5) is 22.0 Å². The maximum absolute atomic E-state index is 12.5. The van der Waals surface area contributed by atoms with Crippen molar-refractivity contribution >= 4 is 40.4 Å². The first-order valence-electron chi connectivity index (χ1n) is 17.1. The molecule has 1 saturated heterocycles. The number of hydrogen-bond acceptors (Lipinski definition) is 10. The second-order valence-electron chi connectivity index (χ2n) is 13.6. The average Bonchev–Trinajstić information content (AvgIpc) is 3.12. The van der Waals surface area contributed by atoms with E-state index in [4.69, 9.17) is 29.6 Å². The van der Waals surface area contributed by atoms with Crippen molar-refractivity contribution in [3.8, 4) is 34.0 Å². The van der Waals surface area contributed by atoms with Gasteiger partial charge in [-0.2, -0.15) is 0 Å². The monoisotopic (exact) mass is 687 g/mol. The van der Waals surface area contributed by atoms with Gasteiger partial charge in [-0.3, -0.25) is 10.2 Å². The van der Waals surface area contributed by atoms with Crippen LogP contribution in [0.1, 0.15) is 26.3 Å². The molecule has 2 heterocycles. The summed E-state index contributed by atoms with van der Waals surface area (Å²) >= 11 is 0. The number of benzene rings is 4. The third-order valence-electron chi connectivity index (χ3n) is 8.58. The molecule has 11 nitrogen and oxygen atoms in total. The van der Waals surface area contributed by atoms with Crippen LogP contribution >= 0.6 is 0 Å². The van der Waals surface area contributed by atoms with E-state index >= 15 is 0 Å². The van der Waals surface area contributed by atoms with Crippen LogP contribution in [-0.4, -0.2) is 91.2 Å². The Bertz CT molecular complexity index is 2000. The van der Waals surface area contributed by atoms with Gasteiger partial charge in [-0.15, -0.1) is 0 Å². The van der Waals surface area contributed by atoms with Crippen molar-refractivity contribution in [2.24, 2.45) is 0 Å². The van der Waals surface area contributed by atoms with Crippen LogP contribution < -0.4 is 20.1 Å². The fourth-order valence-corrected chi connectivity index (χ4v) is 5.88. The Balaban J connectivity index is 1.36. The molecule has 1 aliphatic rings. The molecule has 0 spiro atoms. The number of hydrogen-bond donors (Lipinski definition) is 3. The summed E-state index contributed by atoms with van der Waals surface area (Å²) in [5.74, 6) is 2.26. The van der Waals surface area contributed by atoms with Gasteiger partial charge in [0.15, 0.2) is 17.3 Å². The standard InChI is InChI=1S/C40H45N7O4/c1-40(2,3)51-39(48)44-33-15-14-31(23-30(33)26-41)42-38-32-24-36(50-21-20-47-18-16-46(4)17-19-47)35(49-5)25-34(32)43-37(45-38)29-13-9-12-28(22-29)27-10-7-6-8-11-27/h6-15,22-26,41H,16-21H2,1-5H3,(H,44,48)(H,42,43,45). The number of piperazine rings is 1. The molecule has 264 valence electrons. The topological polar surface area (TPSA) is 125 Å². The Kier molecular flexibility index (Phi) is 10.8. The predicted octanol–water partition coefficient (Wildman–Crippen LogP) is 7.69. The summed E-state index contributed by atoms with van der Waals surface area (Å²) in [6.45, 7) is 10.8. The van der Waals surface area contributed by atoms with Crippen molar-refractivity contribution in [2.75, 3.05) is 64.1 Å². The van der Waals surface area contributed by atoms with E-state index in [1.165, 1.54) is 6.21 Å². The lowest BCUT2D eigenvalue weighted by molar-refractivity contribution is 0.0636. The Morgan fingerprint density at radius 3 is 2.35 bits per heavy atom. The van der Waals surface area contributed by atoms with Crippen molar-refractivity contribution < 1.29 is 19.0 Å². The lowest BCUT2D eigenvalue weighted by atomic mass is 10.0. The van der Waals surface area contributed by atoms with E-state index in [-0.39, 0.29) is 0 Å².